The van der Waals surface area contributed by atoms with Gasteiger partial charge in [0.2, 0.25) is 5.91 Å². The molecule has 0 aromatic heterocycles. The Labute approximate surface area is 206 Å². The van der Waals surface area contributed by atoms with E-state index in [2.05, 4.69) is 12.2 Å². The highest BCUT2D eigenvalue weighted by molar-refractivity contribution is 5.88. The lowest BCUT2D eigenvalue weighted by atomic mass is 10.0. The lowest BCUT2D eigenvalue weighted by molar-refractivity contribution is -0.142. The fraction of sp³-hybridized carbons (Fsp3) is 0.310. The van der Waals surface area contributed by atoms with E-state index < -0.39 is 6.04 Å². The van der Waals surface area contributed by atoms with Crippen molar-refractivity contribution in [2.24, 2.45) is 0 Å². The van der Waals surface area contributed by atoms with E-state index in [0.29, 0.717) is 18.7 Å². The summed E-state index contributed by atoms with van der Waals surface area (Å²) in [5, 5.41) is 2.98. The highest BCUT2D eigenvalue weighted by Gasteiger charge is 2.30. The van der Waals surface area contributed by atoms with Crippen molar-refractivity contribution in [2.45, 2.75) is 45.7 Å². The molecule has 0 aliphatic heterocycles. The molecule has 0 bridgehead atoms. The SMILES string of the molecule is CCCCNC(=O)C(Cc1ccccc1)N(Cc1ccc(F)cc1)C(=O)COc1cccc(C)c1. The van der Waals surface area contributed by atoms with Gasteiger partial charge in [-0.05, 0) is 54.3 Å². The van der Waals surface area contributed by atoms with Gasteiger partial charge in [-0.1, -0.05) is 67.9 Å². The van der Waals surface area contributed by atoms with Crippen molar-refractivity contribution in [2.75, 3.05) is 13.2 Å². The molecule has 0 saturated carbocycles. The van der Waals surface area contributed by atoms with Crippen LogP contribution in [0.3, 0.4) is 0 Å². The maximum Gasteiger partial charge on any atom is 0.261 e. The fourth-order valence-electron chi connectivity index (χ4n) is 3.78. The molecule has 35 heavy (non-hydrogen) atoms. The standard InChI is InChI=1S/C29H33FN2O3/c1-3-4-17-31-29(34)27(19-23-10-6-5-7-11-23)32(20-24-13-15-25(30)16-14-24)28(33)21-35-26-12-8-9-22(2)18-26/h5-16,18,27H,3-4,17,19-21H2,1-2H3,(H,31,34). The first-order valence-corrected chi connectivity index (χ1v) is 12.0. The van der Waals surface area contributed by atoms with Crippen LogP contribution in [-0.4, -0.2) is 35.9 Å². The second-order valence-corrected chi connectivity index (χ2v) is 8.60. The van der Waals surface area contributed by atoms with E-state index in [1.54, 1.807) is 18.2 Å². The zero-order chi connectivity index (χ0) is 25.0. The van der Waals surface area contributed by atoms with Crippen molar-refractivity contribution in [3.63, 3.8) is 0 Å². The molecular weight excluding hydrogens is 443 g/mol. The Hall–Kier alpha value is -3.67. The van der Waals surface area contributed by atoms with E-state index in [0.717, 1.165) is 29.5 Å². The van der Waals surface area contributed by atoms with Gasteiger partial charge in [0.15, 0.2) is 6.61 Å². The number of halogens is 1. The molecule has 0 radical (unpaired) electrons. The predicted molar refractivity (Wildman–Crippen MR) is 135 cm³/mol. The second-order valence-electron chi connectivity index (χ2n) is 8.60. The Morgan fingerprint density at radius 2 is 1.71 bits per heavy atom. The minimum Gasteiger partial charge on any atom is -0.484 e. The van der Waals surface area contributed by atoms with Crippen molar-refractivity contribution in [3.8, 4) is 5.75 Å². The van der Waals surface area contributed by atoms with E-state index in [9.17, 15) is 14.0 Å². The highest BCUT2D eigenvalue weighted by Crippen LogP contribution is 2.17. The monoisotopic (exact) mass is 476 g/mol. The summed E-state index contributed by atoms with van der Waals surface area (Å²) < 4.78 is 19.3. The quantitative estimate of drug-likeness (QED) is 0.372. The van der Waals surface area contributed by atoms with E-state index in [1.807, 2.05) is 55.5 Å². The number of hydrogen-bond acceptors (Lipinski definition) is 3. The van der Waals surface area contributed by atoms with Crippen LogP contribution < -0.4 is 10.1 Å². The third-order valence-electron chi connectivity index (χ3n) is 5.72. The number of aryl methyl sites for hydroxylation is 1. The minimum atomic E-state index is -0.743. The van der Waals surface area contributed by atoms with Crippen molar-refractivity contribution in [1.29, 1.82) is 0 Å². The van der Waals surface area contributed by atoms with Gasteiger partial charge in [-0.25, -0.2) is 4.39 Å². The molecule has 5 nitrogen and oxygen atoms in total. The van der Waals surface area contributed by atoms with E-state index >= 15 is 0 Å². The van der Waals surface area contributed by atoms with Crippen molar-refractivity contribution < 1.29 is 18.7 Å². The molecule has 1 atom stereocenters. The van der Waals surface area contributed by atoms with Gasteiger partial charge >= 0.3 is 0 Å². The van der Waals surface area contributed by atoms with Gasteiger partial charge in [0.1, 0.15) is 17.6 Å². The molecule has 3 aromatic rings. The van der Waals surface area contributed by atoms with Crippen LogP contribution in [0.2, 0.25) is 0 Å². The molecule has 0 fully saturated rings. The molecular formula is C29H33FN2O3. The van der Waals surface area contributed by atoms with Crippen LogP contribution in [0.5, 0.6) is 5.75 Å². The number of carbonyl (C=O) groups is 2. The maximum absolute atomic E-state index is 13.5. The van der Waals surface area contributed by atoms with Crippen LogP contribution in [0.4, 0.5) is 4.39 Å². The number of ether oxygens (including phenoxy) is 1. The van der Waals surface area contributed by atoms with Crippen molar-refractivity contribution in [3.05, 3.63) is 101 Å². The summed E-state index contributed by atoms with van der Waals surface area (Å²) >= 11 is 0. The van der Waals surface area contributed by atoms with E-state index in [-0.39, 0.29) is 30.8 Å². The van der Waals surface area contributed by atoms with Crippen LogP contribution in [-0.2, 0) is 22.6 Å². The van der Waals surface area contributed by atoms with Gasteiger partial charge < -0.3 is 15.0 Å². The normalized spacial score (nSPS) is 11.5. The van der Waals surface area contributed by atoms with E-state index in [4.69, 9.17) is 4.74 Å². The van der Waals surface area contributed by atoms with Crippen LogP contribution in [0, 0.1) is 12.7 Å². The number of benzene rings is 3. The van der Waals surface area contributed by atoms with Crippen LogP contribution in [0.15, 0.2) is 78.9 Å². The van der Waals surface area contributed by atoms with Crippen LogP contribution in [0.25, 0.3) is 0 Å². The molecule has 3 aromatic carbocycles. The maximum atomic E-state index is 13.5. The van der Waals surface area contributed by atoms with Gasteiger partial charge in [0.05, 0.1) is 0 Å². The summed E-state index contributed by atoms with van der Waals surface area (Å²) in [5.74, 6) is -0.296. The molecule has 0 spiro atoms. The summed E-state index contributed by atoms with van der Waals surface area (Å²) in [7, 11) is 0. The van der Waals surface area contributed by atoms with Gasteiger partial charge in [0.25, 0.3) is 5.91 Å². The Morgan fingerprint density at radius 1 is 0.971 bits per heavy atom. The smallest absolute Gasteiger partial charge is 0.261 e. The fourth-order valence-corrected chi connectivity index (χ4v) is 3.78. The number of amides is 2. The number of unbranched alkanes of at least 4 members (excludes halogenated alkanes) is 1. The first-order valence-electron chi connectivity index (χ1n) is 12.0. The lowest BCUT2D eigenvalue weighted by Crippen LogP contribution is -2.51. The summed E-state index contributed by atoms with van der Waals surface area (Å²) in [6, 6.07) is 22.3. The minimum absolute atomic E-state index is 0.162. The molecule has 0 aliphatic carbocycles. The molecule has 1 unspecified atom stereocenters. The average molecular weight is 477 g/mol. The van der Waals surface area contributed by atoms with Gasteiger partial charge in [-0.15, -0.1) is 0 Å². The summed E-state index contributed by atoms with van der Waals surface area (Å²) in [5.41, 5.74) is 2.70. The molecule has 184 valence electrons. The lowest BCUT2D eigenvalue weighted by Gasteiger charge is -2.31. The molecule has 0 saturated heterocycles. The number of hydrogen-bond donors (Lipinski definition) is 1. The summed E-state index contributed by atoms with van der Waals surface area (Å²) in [4.78, 5) is 28.4. The van der Waals surface area contributed by atoms with Crippen molar-refractivity contribution >= 4 is 11.8 Å². The average Bonchev–Trinajstić information content (AvgIpc) is 2.86. The van der Waals surface area contributed by atoms with Gasteiger partial charge in [0, 0.05) is 19.5 Å². The zero-order valence-electron chi connectivity index (χ0n) is 20.4. The number of rotatable bonds is 12. The van der Waals surface area contributed by atoms with E-state index in [1.165, 1.54) is 17.0 Å². The Morgan fingerprint density at radius 3 is 2.40 bits per heavy atom. The Bertz CT molecular complexity index is 1090. The first-order chi connectivity index (χ1) is 17.0. The number of nitrogens with zero attached hydrogens (tertiary/aromatic N) is 1. The molecule has 2 amide bonds. The second kappa shape index (κ2) is 13.3. The Kier molecular flexibility index (Phi) is 9.84. The van der Waals surface area contributed by atoms with Crippen molar-refractivity contribution in [1.82, 2.24) is 10.2 Å². The van der Waals surface area contributed by atoms with Gasteiger partial charge in [-0.3, -0.25) is 9.59 Å². The number of nitrogens with one attached hydrogen (secondary N) is 1. The Balaban J connectivity index is 1.87. The number of carbonyl (C=O) groups excluding carboxylic acids is 2. The summed E-state index contributed by atoms with van der Waals surface area (Å²) in [6.45, 7) is 4.50. The molecule has 0 heterocycles. The zero-order valence-corrected chi connectivity index (χ0v) is 20.4. The first kappa shape index (κ1) is 25.9. The van der Waals surface area contributed by atoms with Crippen LogP contribution >= 0.6 is 0 Å². The topological polar surface area (TPSA) is 58.6 Å². The largest absolute Gasteiger partial charge is 0.484 e. The molecule has 0 aliphatic rings. The summed E-state index contributed by atoms with van der Waals surface area (Å²) in [6.07, 6.45) is 2.16. The molecule has 3 rings (SSSR count). The molecule has 1 N–H and O–H groups in total. The molecule has 6 heteroatoms. The third-order valence-corrected chi connectivity index (χ3v) is 5.72. The third kappa shape index (κ3) is 8.25. The van der Waals surface area contributed by atoms with Crippen LogP contribution in [0.1, 0.15) is 36.5 Å². The highest BCUT2D eigenvalue weighted by atomic mass is 19.1. The predicted octanol–water partition coefficient (Wildman–Crippen LogP) is 5.07. The van der Waals surface area contributed by atoms with Gasteiger partial charge in [-0.2, -0.15) is 0 Å².